The fourth-order valence-electron chi connectivity index (χ4n) is 1.95. The first-order valence-electron chi connectivity index (χ1n) is 6.64. The van der Waals surface area contributed by atoms with Crippen LogP contribution in [0.4, 0.5) is 5.82 Å². The molecule has 0 bridgehead atoms. The number of benzene rings is 1. The van der Waals surface area contributed by atoms with Crippen LogP contribution in [0.2, 0.25) is 0 Å². The molecule has 20 heavy (non-hydrogen) atoms. The standard InChI is InChI=1S/C15H20N4O/c1-18(2)10-11-19(12-13-6-4-3-5-7-13)14-15(20)17-9-8-16-14/h3-9H,10-12H2,1-2H3,(H,17,20). The number of nitrogens with zero attached hydrogens (tertiary/aromatic N) is 3. The molecule has 0 aliphatic carbocycles. The van der Waals surface area contributed by atoms with Crippen molar-refractivity contribution in [1.82, 2.24) is 14.9 Å². The Kier molecular flexibility index (Phi) is 4.90. The Morgan fingerprint density at radius 2 is 1.90 bits per heavy atom. The van der Waals surface area contributed by atoms with Gasteiger partial charge in [0.05, 0.1) is 0 Å². The van der Waals surface area contributed by atoms with E-state index in [1.54, 1.807) is 12.4 Å². The smallest absolute Gasteiger partial charge is 0.290 e. The largest absolute Gasteiger partial charge is 0.346 e. The first kappa shape index (κ1) is 14.3. The Balaban J connectivity index is 2.21. The van der Waals surface area contributed by atoms with Crippen LogP contribution >= 0.6 is 0 Å². The molecule has 0 fully saturated rings. The zero-order valence-electron chi connectivity index (χ0n) is 11.9. The molecule has 0 radical (unpaired) electrons. The minimum absolute atomic E-state index is 0.151. The summed E-state index contributed by atoms with van der Waals surface area (Å²) in [5, 5.41) is 0. The van der Waals surface area contributed by atoms with Crippen LogP contribution in [-0.4, -0.2) is 42.1 Å². The third-order valence-corrected chi connectivity index (χ3v) is 3.02. The summed E-state index contributed by atoms with van der Waals surface area (Å²) in [4.78, 5) is 22.9. The van der Waals surface area contributed by atoms with Crippen LogP contribution in [0.5, 0.6) is 0 Å². The zero-order chi connectivity index (χ0) is 14.4. The molecular weight excluding hydrogens is 252 g/mol. The Bertz CT molecular complexity index is 580. The van der Waals surface area contributed by atoms with Crippen LogP contribution in [0.25, 0.3) is 0 Å². The lowest BCUT2D eigenvalue weighted by Gasteiger charge is -2.24. The highest BCUT2D eigenvalue weighted by Crippen LogP contribution is 2.09. The van der Waals surface area contributed by atoms with Crippen molar-refractivity contribution in [2.24, 2.45) is 0 Å². The summed E-state index contributed by atoms with van der Waals surface area (Å²) in [6.07, 6.45) is 3.17. The summed E-state index contributed by atoms with van der Waals surface area (Å²) in [5.74, 6) is 0.471. The van der Waals surface area contributed by atoms with Crippen molar-refractivity contribution in [3.63, 3.8) is 0 Å². The number of nitrogens with one attached hydrogen (secondary N) is 1. The molecule has 106 valence electrons. The molecule has 1 N–H and O–H groups in total. The van der Waals surface area contributed by atoms with Gasteiger partial charge in [-0.2, -0.15) is 0 Å². The Morgan fingerprint density at radius 1 is 1.15 bits per heavy atom. The number of hydrogen-bond donors (Lipinski definition) is 1. The number of rotatable bonds is 6. The Labute approximate surface area is 118 Å². The van der Waals surface area contributed by atoms with Gasteiger partial charge in [-0.05, 0) is 19.7 Å². The van der Waals surface area contributed by atoms with E-state index in [-0.39, 0.29) is 5.56 Å². The number of H-pyrrole nitrogens is 1. The monoisotopic (exact) mass is 272 g/mol. The number of aromatic amines is 1. The summed E-state index contributed by atoms with van der Waals surface area (Å²) in [5.41, 5.74) is 1.01. The van der Waals surface area contributed by atoms with E-state index in [1.165, 1.54) is 0 Å². The predicted octanol–water partition coefficient (Wildman–Crippen LogP) is 1.34. The van der Waals surface area contributed by atoms with Crippen molar-refractivity contribution in [2.45, 2.75) is 6.54 Å². The van der Waals surface area contributed by atoms with E-state index in [9.17, 15) is 4.79 Å². The van der Waals surface area contributed by atoms with Crippen LogP contribution in [0.3, 0.4) is 0 Å². The van der Waals surface area contributed by atoms with Gasteiger partial charge in [0.15, 0.2) is 5.82 Å². The summed E-state index contributed by atoms with van der Waals surface area (Å²) < 4.78 is 0. The van der Waals surface area contributed by atoms with Crippen LogP contribution in [0.15, 0.2) is 47.5 Å². The van der Waals surface area contributed by atoms with Gasteiger partial charge in [-0.1, -0.05) is 30.3 Å². The van der Waals surface area contributed by atoms with Crippen LogP contribution in [0, 0.1) is 0 Å². The van der Waals surface area contributed by atoms with E-state index in [1.807, 2.05) is 37.2 Å². The molecule has 0 unspecified atom stereocenters. The second-order valence-electron chi connectivity index (χ2n) is 4.95. The summed E-state index contributed by atoms with van der Waals surface area (Å²) in [6, 6.07) is 10.1. The third kappa shape index (κ3) is 3.93. The van der Waals surface area contributed by atoms with Crippen LogP contribution in [-0.2, 0) is 6.54 Å². The molecule has 0 spiro atoms. The van der Waals surface area contributed by atoms with E-state index in [4.69, 9.17) is 0 Å². The fraction of sp³-hybridized carbons (Fsp3) is 0.333. The molecule has 0 saturated heterocycles. The number of likely N-dealkylation sites (N-methyl/N-ethyl adjacent to an activating group) is 1. The highest BCUT2D eigenvalue weighted by atomic mass is 16.1. The molecule has 1 aromatic carbocycles. The van der Waals surface area contributed by atoms with Gasteiger partial charge >= 0.3 is 0 Å². The number of hydrogen-bond acceptors (Lipinski definition) is 4. The maximum Gasteiger partial charge on any atom is 0.290 e. The minimum atomic E-state index is -0.151. The second kappa shape index (κ2) is 6.86. The lowest BCUT2D eigenvalue weighted by atomic mass is 10.2. The van der Waals surface area contributed by atoms with E-state index >= 15 is 0 Å². The van der Waals surface area contributed by atoms with Gasteiger partial charge < -0.3 is 14.8 Å². The predicted molar refractivity (Wildman–Crippen MR) is 80.9 cm³/mol. The van der Waals surface area contributed by atoms with Crippen LogP contribution in [0.1, 0.15) is 5.56 Å². The minimum Gasteiger partial charge on any atom is -0.346 e. The second-order valence-corrected chi connectivity index (χ2v) is 4.95. The normalized spacial score (nSPS) is 10.8. The molecule has 0 saturated carbocycles. The summed E-state index contributed by atoms with van der Waals surface area (Å²) in [6.45, 7) is 2.29. The zero-order valence-corrected chi connectivity index (χ0v) is 11.9. The topological polar surface area (TPSA) is 52.2 Å². The summed E-state index contributed by atoms with van der Waals surface area (Å²) >= 11 is 0. The number of aromatic nitrogens is 2. The highest BCUT2D eigenvalue weighted by molar-refractivity contribution is 5.36. The molecule has 1 heterocycles. The van der Waals surface area contributed by atoms with Gasteiger partial charge in [-0.25, -0.2) is 4.98 Å². The molecular formula is C15H20N4O. The fourth-order valence-corrected chi connectivity index (χ4v) is 1.95. The molecule has 1 aromatic heterocycles. The quantitative estimate of drug-likeness (QED) is 0.862. The lowest BCUT2D eigenvalue weighted by molar-refractivity contribution is 0.412. The first-order valence-corrected chi connectivity index (χ1v) is 6.64. The maximum absolute atomic E-state index is 11.9. The molecule has 0 amide bonds. The van der Waals surface area contributed by atoms with Gasteiger partial charge in [-0.15, -0.1) is 0 Å². The first-order chi connectivity index (χ1) is 9.66. The summed E-state index contributed by atoms with van der Waals surface area (Å²) in [7, 11) is 4.03. The van der Waals surface area contributed by atoms with Crippen molar-refractivity contribution in [1.29, 1.82) is 0 Å². The van der Waals surface area contributed by atoms with Crippen molar-refractivity contribution >= 4 is 5.82 Å². The SMILES string of the molecule is CN(C)CCN(Cc1ccccc1)c1ncc[nH]c1=O. The Hall–Kier alpha value is -2.14. The lowest BCUT2D eigenvalue weighted by Crippen LogP contribution is -2.35. The van der Waals surface area contributed by atoms with E-state index in [0.717, 1.165) is 18.7 Å². The Morgan fingerprint density at radius 3 is 2.55 bits per heavy atom. The van der Waals surface area contributed by atoms with Gasteiger partial charge in [-0.3, -0.25) is 4.79 Å². The van der Waals surface area contributed by atoms with Crippen LogP contribution < -0.4 is 10.5 Å². The third-order valence-electron chi connectivity index (χ3n) is 3.02. The molecule has 0 atom stereocenters. The van der Waals surface area contributed by atoms with Crippen molar-refractivity contribution < 1.29 is 0 Å². The molecule has 5 nitrogen and oxygen atoms in total. The van der Waals surface area contributed by atoms with Gasteiger partial charge in [0.1, 0.15) is 0 Å². The average molecular weight is 272 g/mol. The van der Waals surface area contributed by atoms with Gasteiger partial charge in [0.2, 0.25) is 0 Å². The van der Waals surface area contributed by atoms with Crippen molar-refractivity contribution in [2.75, 3.05) is 32.1 Å². The molecule has 2 aromatic rings. The van der Waals surface area contributed by atoms with Crippen molar-refractivity contribution in [3.8, 4) is 0 Å². The number of anilines is 1. The maximum atomic E-state index is 11.9. The molecule has 2 rings (SSSR count). The van der Waals surface area contributed by atoms with E-state index in [0.29, 0.717) is 12.4 Å². The molecule has 5 heteroatoms. The van der Waals surface area contributed by atoms with Gasteiger partial charge in [0, 0.05) is 32.0 Å². The van der Waals surface area contributed by atoms with Crippen molar-refractivity contribution in [3.05, 3.63) is 58.6 Å². The average Bonchev–Trinajstić information content (AvgIpc) is 2.45. The van der Waals surface area contributed by atoms with Gasteiger partial charge in [0.25, 0.3) is 5.56 Å². The molecule has 0 aliphatic heterocycles. The molecule has 0 aliphatic rings. The van der Waals surface area contributed by atoms with E-state index < -0.39 is 0 Å². The highest BCUT2D eigenvalue weighted by Gasteiger charge is 2.12. The van der Waals surface area contributed by atoms with E-state index in [2.05, 4.69) is 27.0 Å².